The zero-order valence-corrected chi connectivity index (χ0v) is 63.0. The van der Waals surface area contributed by atoms with Gasteiger partial charge in [-0.3, -0.25) is 27.3 Å². The summed E-state index contributed by atoms with van der Waals surface area (Å²) in [5, 5.41) is 56.5. The number of carbonyl (C=O) groups is 1. The Morgan fingerprint density at radius 1 is 0.330 bits per heavy atom. The molecule has 0 saturated heterocycles. The summed E-state index contributed by atoms with van der Waals surface area (Å²) in [5.74, 6) is -1.73. The fourth-order valence-corrected chi connectivity index (χ4v) is 10.8. The predicted octanol–water partition coefficient (Wildman–Crippen LogP) is 7.91. The summed E-state index contributed by atoms with van der Waals surface area (Å²) in [7, 11) is -29.8. The van der Waals surface area contributed by atoms with Gasteiger partial charge in [0.15, 0.2) is 5.75 Å². The van der Waals surface area contributed by atoms with Gasteiger partial charge in [0.1, 0.15) is 48.1 Å². The molecule has 8 rings (SSSR count). The molecule has 0 saturated carbocycles. The molecule has 6 radical (unpaired) electrons. The molecule has 0 spiro atoms. The fourth-order valence-electron chi connectivity index (χ4n) is 7.28. The fraction of sp³-hybridized carbons (Fsp3) is 0. The molecule has 0 aliphatic carbocycles. The van der Waals surface area contributed by atoms with Gasteiger partial charge >= 0.3 is 6.03 Å². The van der Waals surface area contributed by atoms with Crippen LogP contribution in [-0.4, -0.2) is 271 Å². The maximum Gasteiger partial charge on any atom is 0.323 e. The van der Waals surface area contributed by atoms with Gasteiger partial charge in [-0.25, -0.2) is 4.79 Å². The normalized spacial score (nSPS) is 12.2. The van der Waals surface area contributed by atoms with Crippen molar-refractivity contribution in [1.29, 1.82) is 0 Å². The van der Waals surface area contributed by atoms with E-state index in [2.05, 4.69) is 51.5 Å². The van der Waals surface area contributed by atoms with Gasteiger partial charge in [0.25, 0.3) is 60.7 Å². The van der Waals surface area contributed by atoms with Crippen LogP contribution in [0.2, 0.25) is 0 Å². The summed E-state index contributed by atoms with van der Waals surface area (Å²) < 4.78 is 204. The van der Waals surface area contributed by atoms with Crippen LogP contribution in [0.15, 0.2) is 204 Å². The zero-order valence-electron chi connectivity index (χ0n) is 46.1. The molecule has 10 N–H and O–H groups in total. The maximum atomic E-state index is 13.3. The van der Waals surface area contributed by atoms with Crippen LogP contribution >= 0.6 is 0 Å². The summed E-state index contributed by atoms with van der Waals surface area (Å²) in [5.41, 5.74) is -3.31. The molecule has 0 aliphatic rings. The van der Waals surface area contributed by atoms with Crippen LogP contribution in [0.5, 0.6) is 11.5 Å². The molecule has 88 heavy (non-hydrogen) atoms. The van der Waals surface area contributed by atoms with Crippen LogP contribution in [0.3, 0.4) is 0 Å². The molecule has 8 aromatic rings. The molecule has 0 unspecified atom stereocenters. The van der Waals surface area contributed by atoms with Crippen molar-refractivity contribution in [1.82, 2.24) is 0 Å². The number of fused-ring (bicyclic) bond motifs is 2. The van der Waals surface area contributed by atoms with Gasteiger partial charge in [0.2, 0.25) is 0 Å². The number of hydrogen-bond acceptors (Lipinski definition) is 23. The van der Waals surface area contributed by atoms with Crippen molar-refractivity contribution in [2.45, 2.75) is 29.4 Å². The average molecular weight is 1380 g/mol. The Morgan fingerprint density at radius 2 is 0.693 bits per heavy atom. The Bertz CT molecular complexity index is 4870. The Kier molecular flexibility index (Phi) is 29.7. The molecule has 43 heteroatoms. The van der Waals surface area contributed by atoms with E-state index < -0.39 is 130 Å². The van der Waals surface area contributed by atoms with E-state index in [4.69, 9.17) is 4.55 Å². The molecular weight excluding hydrogens is 1350 g/mol. The molecule has 430 valence electrons. The Balaban J connectivity index is 0.00000440. The summed E-state index contributed by atoms with van der Waals surface area (Å²) in [6.45, 7) is 0. The van der Waals surface area contributed by atoms with E-state index in [0.717, 1.165) is 109 Å². The number of phenols is 2. The number of anilines is 2. The number of phenolic OH excluding ortho intramolecular Hbond substituents is 2. The SMILES string of the molecule is O=C(Nc1ccc2c(O)c(N=Nc3ccc(N=Nc4ccc(S(=O)(=O)O)cc4)cc3S(=O)(=O)O)c(S(=O)(=O)O)cc2c1)Nc1ccc2c(N=Nc3ccc(N=Nc4ccc(S(=O)(=O)O)cc4)cc3S(=O)(=O)O)c(S(=O)(=O)O)cc(O)c2c1.[Na].[Na].[Na].[Na].[Na].[Na]. The van der Waals surface area contributed by atoms with Crippen molar-refractivity contribution < 1.29 is 92.8 Å². The van der Waals surface area contributed by atoms with Crippen LogP contribution in [0.25, 0.3) is 21.5 Å². The summed E-state index contributed by atoms with van der Waals surface area (Å²) in [6.07, 6.45) is 0. The molecule has 8 aromatic carbocycles. The van der Waals surface area contributed by atoms with Gasteiger partial charge in [-0.15, -0.1) is 20.5 Å². The molecule has 0 aliphatic heterocycles. The number of carbonyl (C=O) groups excluding carboxylic acids is 1. The molecule has 0 heterocycles. The number of nitrogens with one attached hydrogen (secondary N) is 2. The topological polar surface area (TPSA) is 507 Å². The third-order valence-corrected chi connectivity index (χ3v) is 16.2. The first-order valence-corrected chi connectivity index (χ1v) is 30.5. The monoisotopic (exact) mass is 1380 g/mol. The number of benzene rings is 8. The maximum absolute atomic E-state index is 13.3. The van der Waals surface area contributed by atoms with E-state index in [0.29, 0.717) is 6.07 Å². The smallest absolute Gasteiger partial charge is 0.323 e. The minimum Gasteiger partial charge on any atom is -0.507 e. The van der Waals surface area contributed by atoms with Crippen LogP contribution < -0.4 is 10.6 Å². The van der Waals surface area contributed by atoms with Crippen LogP contribution in [0.4, 0.5) is 61.7 Å². The van der Waals surface area contributed by atoms with Gasteiger partial charge in [0, 0.05) is 211 Å². The second kappa shape index (κ2) is 32.2. The van der Waals surface area contributed by atoms with E-state index in [1.54, 1.807) is 0 Å². The van der Waals surface area contributed by atoms with Gasteiger partial charge in [-0.2, -0.15) is 71.0 Å². The van der Waals surface area contributed by atoms with Gasteiger partial charge in [0.05, 0.1) is 32.5 Å². The zero-order chi connectivity index (χ0) is 59.9. The van der Waals surface area contributed by atoms with Crippen LogP contribution in [0.1, 0.15) is 0 Å². The number of azo groups is 4. The van der Waals surface area contributed by atoms with Gasteiger partial charge in [-0.1, -0.05) is 0 Å². The minimum absolute atomic E-state index is 0. The van der Waals surface area contributed by atoms with E-state index >= 15 is 0 Å². The van der Waals surface area contributed by atoms with Crippen molar-refractivity contribution in [2.24, 2.45) is 40.9 Å². The number of rotatable bonds is 16. The van der Waals surface area contributed by atoms with Crippen LogP contribution in [0, 0.1) is 0 Å². The third kappa shape index (κ3) is 20.5. The van der Waals surface area contributed by atoms with Gasteiger partial charge < -0.3 is 20.8 Å². The van der Waals surface area contributed by atoms with Gasteiger partial charge in [-0.05, 0) is 133 Å². The summed E-state index contributed by atoms with van der Waals surface area (Å²) in [6, 6.07) is 21.8. The number of amides is 2. The number of hydrogen-bond donors (Lipinski definition) is 10. The van der Waals surface area contributed by atoms with E-state index in [1.165, 1.54) is 18.2 Å². The van der Waals surface area contributed by atoms with Crippen molar-refractivity contribution >= 4 is 323 Å². The van der Waals surface area contributed by atoms with E-state index in [1.807, 2.05) is 0 Å². The molecule has 0 atom stereocenters. The quantitative estimate of drug-likeness (QED) is 0.0249. The number of aromatic hydroxyl groups is 2. The Morgan fingerprint density at radius 3 is 1.10 bits per heavy atom. The van der Waals surface area contributed by atoms with Crippen molar-refractivity contribution in [3.8, 4) is 11.5 Å². The van der Waals surface area contributed by atoms with E-state index in [-0.39, 0.29) is 233 Å². The molecule has 31 nitrogen and oxygen atoms in total. The van der Waals surface area contributed by atoms with Crippen molar-refractivity contribution in [3.63, 3.8) is 0 Å². The second-order valence-corrected chi connectivity index (χ2v) is 24.9. The standard InChI is InChI=1S/C45H32N10O21S6.6Na/c56-37-22-41(82(74,75)76)42(54-52-35-15-7-28(20-38(35)79(65,66)67)50-48-24-1-9-30(10-2-24)77(59,60)61)33-14-6-27(19-34(33)37)47-45(58)46-26-5-13-32-23(17-26)18-40(81(71,72)73)43(44(32)57)55-53-36-16-8-29(21-39(36)80(68,69)70)51-49-25-3-11-31(12-4-25)78(62,63)64;;;;;;/h1-22,56-57H,(H2,46,47,58)(H,59,60,61)(H,62,63,64)(H,65,66,67)(H,68,69,70)(H,71,72,73)(H,74,75,76);;;;;;. The van der Waals surface area contributed by atoms with Crippen LogP contribution in [-0.2, 0) is 60.7 Å². The predicted molar refractivity (Wildman–Crippen MR) is 320 cm³/mol. The van der Waals surface area contributed by atoms with Crippen molar-refractivity contribution in [3.05, 3.63) is 133 Å². The van der Waals surface area contributed by atoms with Crippen molar-refractivity contribution in [2.75, 3.05) is 10.6 Å². The largest absolute Gasteiger partial charge is 0.507 e. The summed E-state index contributed by atoms with van der Waals surface area (Å²) >= 11 is 0. The molecule has 0 aromatic heterocycles. The first-order chi connectivity index (χ1) is 38.1. The van der Waals surface area contributed by atoms with E-state index in [9.17, 15) is 88.3 Å². The number of urea groups is 1. The Labute approximate surface area is 631 Å². The first-order valence-electron chi connectivity index (χ1n) is 21.8. The minimum atomic E-state index is -5.29. The average Bonchev–Trinajstić information content (AvgIpc) is 1.28. The number of nitrogens with zero attached hydrogens (tertiary/aromatic N) is 8. The molecule has 2 amide bonds. The first kappa shape index (κ1) is 81.1. The second-order valence-electron chi connectivity index (χ2n) is 16.5. The third-order valence-electron chi connectivity index (χ3n) is 11.0. The Hall–Kier alpha value is -2.99. The molecular formula is C45H32N10Na6O21S6. The molecule has 0 bridgehead atoms. The summed E-state index contributed by atoms with van der Waals surface area (Å²) in [4.78, 5) is 8.47. The molecule has 0 fully saturated rings.